The molecule has 4 aromatic rings. The van der Waals surface area contributed by atoms with Crippen LogP contribution >= 0.6 is 31.9 Å². The molecule has 0 saturated carbocycles. The van der Waals surface area contributed by atoms with E-state index in [0.29, 0.717) is 11.1 Å². The van der Waals surface area contributed by atoms with Gasteiger partial charge in [-0.25, -0.2) is 0 Å². The van der Waals surface area contributed by atoms with E-state index in [2.05, 4.69) is 56.1 Å². The monoisotopic (exact) mass is 490 g/mol. The Labute approximate surface area is 181 Å². The molecule has 0 amide bonds. The van der Waals surface area contributed by atoms with Crippen LogP contribution in [0.5, 0.6) is 0 Å². The lowest BCUT2D eigenvalue weighted by Gasteiger charge is -2.06. The molecular formula is C25H16Br2O. The number of hydrogen-bond acceptors (Lipinski definition) is 1. The fourth-order valence-corrected chi connectivity index (χ4v) is 3.61. The van der Waals surface area contributed by atoms with E-state index in [9.17, 15) is 4.79 Å². The summed E-state index contributed by atoms with van der Waals surface area (Å²) >= 11 is 6.90. The van der Waals surface area contributed by atoms with Gasteiger partial charge >= 0.3 is 0 Å². The first kappa shape index (κ1) is 18.9. The van der Waals surface area contributed by atoms with Gasteiger partial charge in [-0.1, -0.05) is 105 Å². The Morgan fingerprint density at radius 3 is 0.964 bits per heavy atom. The quantitative estimate of drug-likeness (QED) is 0.266. The Morgan fingerprint density at radius 1 is 0.429 bits per heavy atom. The summed E-state index contributed by atoms with van der Waals surface area (Å²) in [5.41, 5.74) is 5.82. The number of halogens is 2. The molecule has 4 aromatic carbocycles. The number of hydrogen-bond donors (Lipinski definition) is 0. The molecule has 0 spiro atoms. The molecule has 0 bridgehead atoms. The van der Waals surface area contributed by atoms with Crippen LogP contribution in [0.4, 0.5) is 0 Å². The predicted molar refractivity (Wildman–Crippen MR) is 123 cm³/mol. The van der Waals surface area contributed by atoms with E-state index in [1.54, 1.807) is 0 Å². The number of benzene rings is 4. The van der Waals surface area contributed by atoms with Gasteiger partial charge in [-0.3, -0.25) is 4.79 Å². The summed E-state index contributed by atoms with van der Waals surface area (Å²) in [7, 11) is 0. The van der Waals surface area contributed by atoms with Gasteiger partial charge in [0.2, 0.25) is 0 Å². The van der Waals surface area contributed by atoms with Crippen molar-refractivity contribution < 1.29 is 4.79 Å². The van der Waals surface area contributed by atoms with Crippen molar-refractivity contribution in [3.05, 3.63) is 117 Å². The van der Waals surface area contributed by atoms with Crippen molar-refractivity contribution >= 4 is 37.6 Å². The molecule has 0 fully saturated rings. The van der Waals surface area contributed by atoms with Gasteiger partial charge in [0.05, 0.1) is 0 Å². The van der Waals surface area contributed by atoms with Gasteiger partial charge in [-0.2, -0.15) is 0 Å². The largest absolute Gasteiger partial charge is 0.289 e. The number of ketones is 1. The minimum absolute atomic E-state index is 0.0321. The molecule has 136 valence electrons. The standard InChI is InChI=1S/C25H16Br2O/c26-23-13-9-19(10-14-23)17-1-5-21(6-2-17)25(28)22-7-3-18(4-8-22)20-11-15-24(27)16-12-20/h1-16H. The normalized spacial score (nSPS) is 10.6. The molecule has 0 radical (unpaired) electrons. The van der Waals surface area contributed by atoms with Gasteiger partial charge in [-0.05, 0) is 46.5 Å². The first-order chi connectivity index (χ1) is 13.6. The molecule has 0 aliphatic carbocycles. The van der Waals surface area contributed by atoms with Crippen molar-refractivity contribution in [2.45, 2.75) is 0 Å². The van der Waals surface area contributed by atoms with Crippen LogP contribution in [0.2, 0.25) is 0 Å². The lowest BCUT2D eigenvalue weighted by Crippen LogP contribution is -2.00. The van der Waals surface area contributed by atoms with Gasteiger partial charge in [0, 0.05) is 20.1 Å². The third-order valence-electron chi connectivity index (χ3n) is 4.65. The average molecular weight is 492 g/mol. The maximum atomic E-state index is 12.8. The van der Waals surface area contributed by atoms with Crippen molar-refractivity contribution in [3.8, 4) is 22.3 Å². The third-order valence-corrected chi connectivity index (χ3v) is 5.71. The zero-order valence-electron chi connectivity index (χ0n) is 14.9. The molecule has 4 rings (SSSR count). The van der Waals surface area contributed by atoms with Crippen LogP contribution < -0.4 is 0 Å². The van der Waals surface area contributed by atoms with Crippen LogP contribution in [0.3, 0.4) is 0 Å². The first-order valence-corrected chi connectivity index (χ1v) is 10.5. The number of carbonyl (C=O) groups is 1. The highest BCUT2D eigenvalue weighted by Gasteiger charge is 2.10. The zero-order chi connectivity index (χ0) is 19.5. The second-order valence-corrected chi connectivity index (χ2v) is 8.33. The summed E-state index contributed by atoms with van der Waals surface area (Å²) in [6.07, 6.45) is 0. The van der Waals surface area contributed by atoms with E-state index < -0.39 is 0 Å². The lowest BCUT2D eigenvalue weighted by atomic mass is 9.97. The highest BCUT2D eigenvalue weighted by Crippen LogP contribution is 2.25. The van der Waals surface area contributed by atoms with E-state index in [1.165, 1.54) is 0 Å². The van der Waals surface area contributed by atoms with Crippen molar-refractivity contribution in [1.29, 1.82) is 0 Å². The molecule has 0 aliphatic heterocycles. The van der Waals surface area contributed by atoms with Gasteiger partial charge in [-0.15, -0.1) is 0 Å². The van der Waals surface area contributed by atoms with Crippen LogP contribution in [0.15, 0.2) is 106 Å². The molecule has 3 heteroatoms. The first-order valence-electron chi connectivity index (χ1n) is 8.87. The molecule has 0 atom stereocenters. The van der Waals surface area contributed by atoms with Gasteiger partial charge in [0.25, 0.3) is 0 Å². The molecule has 0 aliphatic rings. The summed E-state index contributed by atoms with van der Waals surface area (Å²) in [6.45, 7) is 0. The van der Waals surface area contributed by atoms with Crippen LogP contribution in [0.25, 0.3) is 22.3 Å². The van der Waals surface area contributed by atoms with Crippen molar-refractivity contribution in [1.82, 2.24) is 0 Å². The zero-order valence-corrected chi connectivity index (χ0v) is 18.1. The van der Waals surface area contributed by atoms with Gasteiger partial charge in [0.15, 0.2) is 5.78 Å². The highest BCUT2D eigenvalue weighted by atomic mass is 79.9. The number of carbonyl (C=O) groups excluding carboxylic acids is 1. The Hall–Kier alpha value is -2.49. The topological polar surface area (TPSA) is 17.1 Å². The van der Waals surface area contributed by atoms with E-state index in [0.717, 1.165) is 31.2 Å². The second kappa shape index (κ2) is 8.26. The maximum Gasteiger partial charge on any atom is 0.193 e. The molecule has 0 unspecified atom stereocenters. The molecule has 0 heterocycles. The molecule has 0 N–H and O–H groups in total. The van der Waals surface area contributed by atoms with E-state index in [1.807, 2.05) is 72.8 Å². The van der Waals surface area contributed by atoms with Crippen LogP contribution in [0, 0.1) is 0 Å². The summed E-state index contributed by atoms with van der Waals surface area (Å²) in [4.78, 5) is 12.8. The fourth-order valence-electron chi connectivity index (χ4n) is 3.08. The second-order valence-electron chi connectivity index (χ2n) is 6.50. The van der Waals surface area contributed by atoms with Crippen molar-refractivity contribution in [2.24, 2.45) is 0 Å². The fraction of sp³-hybridized carbons (Fsp3) is 0. The van der Waals surface area contributed by atoms with E-state index in [-0.39, 0.29) is 5.78 Å². The minimum atomic E-state index is 0.0321. The van der Waals surface area contributed by atoms with Crippen LogP contribution in [0.1, 0.15) is 15.9 Å². The summed E-state index contributed by atoms with van der Waals surface area (Å²) in [5.74, 6) is 0.0321. The van der Waals surface area contributed by atoms with Crippen molar-refractivity contribution in [2.75, 3.05) is 0 Å². The third kappa shape index (κ3) is 4.16. The van der Waals surface area contributed by atoms with E-state index >= 15 is 0 Å². The smallest absolute Gasteiger partial charge is 0.193 e. The maximum absolute atomic E-state index is 12.8. The molecule has 1 nitrogen and oxygen atoms in total. The average Bonchev–Trinajstić information content (AvgIpc) is 2.75. The summed E-state index contributed by atoms with van der Waals surface area (Å²) in [5, 5.41) is 0. The Balaban J connectivity index is 1.54. The van der Waals surface area contributed by atoms with Gasteiger partial charge < -0.3 is 0 Å². The molecular weight excluding hydrogens is 476 g/mol. The Morgan fingerprint density at radius 2 is 0.679 bits per heavy atom. The summed E-state index contributed by atoms with van der Waals surface area (Å²) < 4.78 is 2.10. The van der Waals surface area contributed by atoms with E-state index in [4.69, 9.17) is 0 Å². The predicted octanol–water partition coefficient (Wildman–Crippen LogP) is 7.78. The SMILES string of the molecule is O=C(c1ccc(-c2ccc(Br)cc2)cc1)c1ccc(-c2ccc(Br)cc2)cc1. The minimum Gasteiger partial charge on any atom is -0.289 e. The number of rotatable bonds is 4. The van der Waals surface area contributed by atoms with Crippen molar-refractivity contribution in [3.63, 3.8) is 0 Å². The summed E-state index contributed by atoms with van der Waals surface area (Å²) in [6, 6.07) is 31.8. The van der Waals surface area contributed by atoms with Crippen LogP contribution in [-0.2, 0) is 0 Å². The lowest BCUT2D eigenvalue weighted by molar-refractivity contribution is 0.103. The molecule has 28 heavy (non-hydrogen) atoms. The molecule has 0 aromatic heterocycles. The molecule has 0 saturated heterocycles. The Bertz CT molecular complexity index is 1000. The van der Waals surface area contributed by atoms with Crippen LogP contribution in [-0.4, -0.2) is 5.78 Å². The highest BCUT2D eigenvalue weighted by molar-refractivity contribution is 9.10. The Kier molecular flexibility index (Phi) is 5.56. The van der Waals surface area contributed by atoms with Gasteiger partial charge in [0.1, 0.15) is 0 Å².